The average Bonchev–Trinajstić information content (AvgIpc) is 2.16. The highest BCUT2D eigenvalue weighted by molar-refractivity contribution is 7.98. The van der Waals surface area contributed by atoms with E-state index >= 15 is 0 Å². The summed E-state index contributed by atoms with van der Waals surface area (Å²) in [5.74, 6) is 0. The van der Waals surface area contributed by atoms with Gasteiger partial charge in [0.1, 0.15) is 4.90 Å². The van der Waals surface area contributed by atoms with Crippen LogP contribution in [0.15, 0.2) is 33.6 Å². The Labute approximate surface area is 111 Å². The Kier molecular flexibility index (Phi) is 4.86. The van der Waals surface area contributed by atoms with Crippen LogP contribution >= 0.6 is 46.8 Å². The normalized spacial score (nSPS) is 11.9. The highest BCUT2D eigenvalue weighted by Gasteiger charge is 2.16. The van der Waals surface area contributed by atoms with Crippen molar-refractivity contribution in [3.63, 3.8) is 0 Å². The predicted octanol–water partition coefficient (Wildman–Crippen LogP) is 4.04. The van der Waals surface area contributed by atoms with Gasteiger partial charge in [0.25, 0.3) is 5.69 Å². The minimum atomic E-state index is -1.60. The zero-order valence-corrected chi connectivity index (χ0v) is 10.7. The number of hydrogen-bond acceptors (Lipinski definition) is 4. The summed E-state index contributed by atoms with van der Waals surface area (Å²) in [5.41, 5.74) is -0.0334. The summed E-state index contributed by atoms with van der Waals surface area (Å²) >= 11 is 17.2. The molecule has 86 valence electrons. The molecule has 4 nitrogen and oxygen atoms in total. The van der Waals surface area contributed by atoms with Gasteiger partial charge >= 0.3 is 0 Å². The molecule has 0 saturated heterocycles. The van der Waals surface area contributed by atoms with Crippen molar-refractivity contribution in [3.8, 4) is 0 Å². The Morgan fingerprint density at radius 3 is 2.56 bits per heavy atom. The summed E-state index contributed by atoms with van der Waals surface area (Å²) in [7, 11) is 0. The van der Waals surface area contributed by atoms with E-state index < -0.39 is 8.72 Å². The lowest BCUT2D eigenvalue weighted by Gasteiger charge is -2.01. The van der Waals surface area contributed by atoms with Crippen LogP contribution < -0.4 is 0 Å². The van der Waals surface area contributed by atoms with Gasteiger partial charge in [-0.1, -0.05) is 46.9 Å². The van der Waals surface area contributed by atoms with Crippen LogP contribution in [0.25, 0.3) is 0 Å². The quantitative estimate of drug-likeness (QED) is 0.278. The average molecular weight is 300 g/mol. The van der Waals surface area contributed by atoms with Crippen molar-refractivity contribution >= 4 is 58.7 Å². The van der Waals surface area contributed by atoms with Crippen molar-refractivity contribution in [1.29, 1.82) is 0 Å². The highest BCUT2D eigenvalue weighted by Crippen LogP contribution is 2.31. The van der Waals surface area contributed by atoms with Crippen molar-refractivity contribution in [2.75, 3.05) is 0 Å². The lowest BCUT2D eigenvalue weighted by Crippen LogP contribution is -2.01. The molecule has 0 aliphatic rings. The first-order chi connectivity index (χ1) is 7.40. The molecule has 0 bridgehead atoms. The van der Waals surface area contributed by atoms with Gasteiger partial charge < -0.3 is 0 Å². The zero-order chi connectivity index (χ0) is 12.2. The summed E-state index contributed by atoms with van der Waals surface area (Å²) < 4.78 is 2.15. The van der Waals surface area contributed by atoms with Crippen LogP contribution in [0, 0.1) is 10.1 Å². The molecule has 0 saturated carbocycles. The maximum Gasteiger partial charge on any atom is 0.284 e. The number of para-hydroxylation sites is 1. The Bertz CT molecular complexity index is 420. The van der Waals surface area contributed by atoms with E-state index in [1.807, 2.05) is 0 Å². The topological polar surface area (TPSA) is 55.5 Å². The number of nitro benzene ring substituents is 1. The highest BCUT2D eigenvalue weighted by atomic mass is 35.6. The van der Waals surface area contributed by atoms with E-state index in [0.29, 0.717) is 4.90 Å². The molecular weight excluding hydrogens is 295 g/mol. The van der Waals surface area contributed by atoms with E-state index in [1.165, 1.54) is 6.07 Å². The van der Waals surface area contributed by atoms with E-state index in [-0.39, 0.29) is 5.69 Å². The first-order valence-corrected chi connectivity index (χ1v) is 5.82. The van der Waals surface area contributed by atoms with E-state index in [2.05, 4.69) is 4.40 Å². The summed E-state index contributed by atoms with van der Waals surface area (Å²) in [6, 6.07) is 6.19. The van der Waals surface area contributed by atoms with Gasteiger partial charge in [0, 0.05) is 18.0 Å². The van der Waals surface area contributed by atoms with Gasteiger partial charge in [-0.15, -0.1) is 0 Å². The smallest absolute Gasteiger partial charge is 0.258 e. The molecule has 1 aromatic carbocycles. The molecule has 0 unspecified atom stereocenters. The van der Waals surface area contributed by atoms with E-state index in [4.69, 9.17) is 34.8 Å². The number of nitro groups is 1. The number of benzene rings is 1. The minimum Gasteiger partial charge on any atom is -0.258 e. The lowest BCUT2D eigenvalue weighted by atomic mass is 10.3. The molecule has 0 amide bonds. The van der Waals surface area contributed by atoms with E-state index in [1.54, 1.807) is 18.2 Å². The molecule has 0 aliphatic carbocycles. The summed E-state index contributed by atoms with van der Waals surface area (Å²) in [6.45, 7) is 0. The fraction of sp³-hybridized carbons (Fsp3) is 0.125. The molecule has 0 spiro atoms. The lowest BCUT2D eigenvalue weighted by molar-refractivity contribution is -0.387. The molecule has 1 aromatic rings. The SMILES string of the molecule is O=[N+]([O-])c1ccccc1SN=CC(Cl)(Cl)Cl. The van der Waals surface area contributed by atoms with Crippen molar-refractivity contribution in [2.24, 2.45) is 4.40 Å². The molecule has 0 fully saturated rings. The second kappa shape index (κ2) is 5.72. The monoisotopic (exact) mass is 298 g/mol. The first kappa shape index (κ1) is 13.6. The van der Waals surface area contributed by atoms with Gasteiger partial charge in [0.2, 0.25) is 3.79 Å². The molecule has 0 atom stereocenters. The van der Waals surface area contributed by atoms with Crippen molar-refractivity contribution in [3.05, 3.63) is 34.4 Å². The van der Waals surface area contributed by atoms with E-state index in [0.717, 1.165) is 18.2 Å². The number of nitrogens with zero attached hydrogens (tertiary/aromatic N) is 2. The van der Waals surface area contributed by atoms with Crippen molar-refractivity contribution in [2.45, 2.75) is 8.69 Å². The van der Waals surface area contributed by atoms with Crippen LogP contribution in [0.2, 0.25) is 0 Å². The van der Waals surface area contributed by atoms with Crippen LogP contribution in [0.4, 0.5) is 5.69 Å². The van der Waals surface area contributed by atoms with E-state index in [9.17, 15) is 10.1 Å². The predicted molar refractivity (Wildman–Crippen MR) is 67.7 cm³/mol. The van der Waals surface area contributed by atoms with Gasteiger partial charge in [-0.2, -0.15) is 0 Å². The molecule has 0 heterocycles. The number of alkyl halides is 3. The maximum absolute atomic E-state index is 10.6. The molecule has 16 heavy (non-hydrogen) atoms. The van der Waals surface area contributed by atoms with Gasteiger partial charge in [0.15, 0.2) is 0 Å². The largest absolute Gasteiger partial charge is 0.284 e. The number of halogens is 3. The Morgan fingerprint density at radius 1 is 1.38 bits per heavy atom. The molecule has 8 heteroatoms. The third kappa shape index (κ3) is 4.57. The van der Waals surface area contributed by atoms with Gasteiger partial charge in [-0.3, -0.25) is 10.1 Å². The third-order valence-corrected chi connectivity index (χ3v) is 2.46. The van der Waals surface area contributed by atoms with Crippen LogP contribution in [-0.4, -0.2) is 14.9 Å². The maximum atomic E-state index is 10.6. The second-order valence-electron chi connectivity index (χ2n) is 2.59. The van der Waals surface area contributed by atoms with Gasteiger partial charge in [0.05, 0.1) is 11.1 Å². The van der Waals surface area contributed by atoms with Crippen molar-refractivity contribution in [1.82, 2.24) is 0 Å². The standard InChI is InChI=1S/C8H5Cl3N2O2S/c9-8(10,11)5-12-16-7-4-2-1-3-6(7)13(14)15/h1-5H. The Morgan fingerprint density at radius 2 is 2.00 bits per heavy atom. The molecule has 0 aliphatic heterocycles. The minimum absolute atomic E-state index is 0.0334. The fourth-order valence-corrected chi connectivity index (χ4v) is 1.85. The molecule has 0 aromatic heterocycles. The molecule has 1 rings (SSSR count). The molecule has 0 radical (unpaired) electrons. The van der Waals surface area contributed by atoms with Crippen molar-refractivity contribution < 1.29 is 4.92 Å². The van der Waals surface area contributed by atoms with Crippen LogP contribution in [0.1, 0.15) is 0 Å². The second-order valence-corrected chi connectivity index (χ2v) is 5.79. The third-order valence-electron chi connectivity index (χ3n) is 1.41. The number of hydrogen-bond donors (Lipinski definition) is 0. The first-order valence-electron chi connectivity index (χ1n) is 3.92. The van der Waals surface area contributed by atoms with Gasteiger partial charge in [-0.25, -0.2) is 4.40 Å². The van der Waals surface area contributed by atoms with Crippen LogP contribution in [0.3, 0.4) is 0 Å². The zero-order valence-electron chi connectivity index (χ0n) is 7.64. The molecule has 0 N–H and O–H groups in total. The van der Waals surface area contributed by atoms with Crippen LogP contribution in [0.5, 0.6) is 0 Å². The molecular formula is C8H5Cl3N2O2S. The number of rotatable bonds is 3. The summed E-state index contributed by atoms with van der Waals surface area (Å²) in [6.07, 6.45) is 1.08. The Hall–Kier alpha value is -0.490. The van der Waals surface area contributed by atoms with Crippen LogP contribution in [-0.2, 0) is 0 Å². The van der Waals surface area contributed by atoms with Gasteiger partial charge in [-0.05, 0) is 6.07 Å². The summed E-state index contributed by atoms with van der Waals surface area (Å²) in [5, 5.41) is 10.6. The summed E-state index contributed by atoms with van der Waals surface area (Å²) in [4.78, 5) is 10.5. The fourth-order valence-electron chi connectivity index (χ4n) is 0.828. The Balaban J connectivity index is 2.82.